The zero-order valence-electron chi connectivity index (χ0n) is 13.6. The number of para-hydroxylation sites is 1. The predicted molar refractivity (Wildman–Crippen MR) is 87.3 cm³/mol. The van der Waals surface area contributed by atoms with Gasteiger partial charge in [0.15, 0.2) is 0 Å². The summed E-state index contributed by atoms with van der Waals surface area (Å²) in [6.45, 7) is 2.87. The van der Waals surface area contributed by atoms with Crippen LogP contribution in [0.1, 0.15) is 20.3 Å². The number of nitro benzene ring substituents is 2. The number of rotatable bonds is 9. The highest BCUT2D eigenvalue weighted by Crippen LogP contribution is 2.35. The van der Waals surface area contributed by atoms with Crippen molar-refractivity contribution in [2.45, 2.75) is 26.3 Å². The Bertz CT molecular complexity index is 692. The van der Waals surface area contributed by atoms with Crippen LogP contribution in [0, 0.1) is 26.1 Å². The van der Waals surface area contributed by atoms with Crippen LogP contribution in [0.25, 0.3) is 0 Å². The molecule has 2 atom stereocenters. The monoisotopic (exact) mass is 354 g/mol. The summed E-state index contributed by atoms with van der Waals surface area (Å²) in [6.07, 6.45) is 0.515. The van der Waals surface area contributed by atoms with Gasteiger partial charge in [-0.3, -0.25) is 29.8 Å². The van der Waals surface area contributed by atoms with Crippen LogP contribution < -0.4 is 10.6 Å². The van der Waals surface area contributed by atoms with Gasteiger partial charge in [0.05, 0.1) is 9.85 Å². The maximum atomic E-state index is 12.2. The maximum Gasteiger partial charge on any atom is 0.368 e. The highest BCUT2D eigenvalue weighted by atomic mass is 16.6. The summed E-state index contributed by atoms with van der Waals surface area (Å²) >= 11 is 0. The van der Waals surface area contributed by atoms with Crippen molar-refractivity contribution in [2.24, 2.45) is 5.92 Å². The Balaban J connectivity index is 3.22. The minimum Gasteiger partial charge on any atom is -0.480 e. The Hall–Kier alpha value is -3.24. The van der Waals surface area contributed by atoms with Crippen LogP contribution in [0.4, 0.5) is 17.1 Å². The van der Waals surface area contributed by atoms with Gasteiger partial charge in [-0.05, 0) is 12.0 Å². The third kappa shape index (κ3) is 5.12. The summed E-state index contributed by atoms with van der Waals surface area (Å²) in [4.78, 5) is 43.2. The zero-order valence-corrected chi connectivity index (χ0v) is 13.6. The first kappa shape index (κ1) is 19.8. The van der Waals surface area contributed by atoms with E-state index < -0.39 is 45.7 Å². The lowest BCUT2D eigenvalue weighted by molar-refractivity contribution is -0.421. The van der Waals surface area contributed by atoms with Crippen LogP contribution in [0.2, 0.25) is 0 Å². The normalized spacial score (nSPS) is 12.7. The first-order valence-electron chi connectivity index (χ1n) is 7.36. The number of carbonyl (C=O) groups excluding carboxylic acids is 1. The molecule has 136 valence electrons. The predicted octanol–water partition coefficient (Wildman–Crippen LogP) is 1.53. The van der Waals surface area contributed by atoms with Gasteiger partial charge in [0.25, 0.3) is 0 Å². The molecule has 3 N–H and O–H groups in total. The Labute approximate surface area is 142 Å². The van der Waals surface area contributed by atoms with Gasteiger partial charge in [0.2, 0.25) is 5.91 Å². The molecule has 0 aliphatic rings. The van der Waals surface area contributed by atoms with Crippen molar-refractivity contribution in [3.63, 3.8) is 0 Å². The van der Waals surface area contributed by atoms with Crippen LogP contribution in [0.5, 0.6) is 0 Å². The number of nitrogens with zero attached hydrogens (tertiary/aromatic N) is 2. The third-order valence-corrected chi connectivity index (χ3v) is 3.61. The standard InChI is InChI=1S/C14H18N4O7/c1-3-8(2)12(14(21)15-7-11(19)20)16-9-5-4-6-10(17(22)23)13(9)18(24)25/h4-6,8,12,16H,3,7H2,1-2H3,(H,15,21)(H,19,20)/t8?,12-/m0/s1. The van der Waals surface area contributed by atoms with Gasteiger partial charge in [-0.1, -0.05) is 26.3 Å². The number of aliphatic carboxylic acids is 1. The molecular formula is C14H18N4O7. The third-order valence-electron chi connectivity index (χ3n) is 3.61. The van der Waals surface area contributed by atoms with Crippen LogP contribution in [-0.4, -0.2) is 39.4 Å². The second-order valence-corrected chi connectivity index (χ2v) is 5.31. The molecule has 0 fully saturated rings. The fraction of sp³-hybridized carbons (Fsp3) is 0.429. The number of benzene rings is 1. The van der Waals surface area contributed by atoms with Crippen molar-refractivity contribution in [3.05, 3.63) is 38.4 Å². The largest absolute Gasteiger partial charge is 0.480 e. The molecule has 1 unspecified atom stereocenters. The number of anilines is 1. The van der Waals surface area contributed by atoms with Gasteiger partial charge < -0.3 is 15.7 Å². The molecule has 0 bridgehead atoms. The Morgan fingerprint density at radius 3 is 2.36 bits per heavy atom. The lowest BCUT2D eigenvalue weighted by Crippen LogP contribution is -2.45. The van der Waals surface area contributed by atoms with Crippen LogP contribution in [0.3, 0.4) is 0 Å². The van der Waals surface area contributed by atoms with Gasteiger partial charge >= 0.3 is 17.3 Å². The summed E-state index contributed by atoms with van der Waals surface area (Å²) in [5.41, 5.74) is -1.65. The van der Waals surface area contributed by atoms with Gasteiger partial charge in [-0.25, -0.2) is 0 Å². The second kappa shape index (κ2) is 8.57. The topological polar surface area (TPSA) is 165 Å². The van der Waals surface area contributed by atoms with Gasteiger partial charge in [-0.2, -0.15) is 0 Å². The Morgan fingerprint density at radius 1 is 1.24 bits per heavy atom. The first-order valence-corrected chi connectivity index (χ1v) is 7.36. The molecular weight excluding hydrogens is 336 g/mol. The van der Waals surface area contributed by atoms with Gasteiger partial charge in [-0.15, -0.1) is 0 Å². The number of hydrogen-bond acceptors (Lipinski definition) is 7. The summed E-state index contributed by atoms with van der Waals surface area (Å²) < 4.78 is 0. The molecule has 0 saturated heterocycles. The van der Waals surface area contributed by atoms with Crippen molar-refractivity contribution in [1.29, 1.82) is 0 Å². The molecule has 1 aromatic rings. The molecule has 0 radical (unpaired) electrons. The second-order valence-electron chi connectivity index (χ2n) is 5.31. The fourth-order valence-electron chi connectivity index (χ4n) is 2.13. The number of hydrogen-bond donors (Lipinski definition) is 3. The van der Waals surface area contributed by atoms with Crippen LogP contribution in [-0.2, 0) is 9.59 Å². The maximum absolute atomic E-state index is 12.2. The number of carboxylic acids is 1. The molecule has 0 spiro atoms. The van der Waals surface area contributed by atoms with E-state index in [0.29, 0.717) is 6.42 Å². The summed E-state index contributed by atoms with van der Waals surface area (Å²) in [5, 5.41) is 35.7. The molecule has 1 amide bonds. The zero-order chi connectivity index (χ0) is 19.1. The number of amides is 1. The first-order chi connectivity index (χ1) is 11.7. The average Bonchev–Trinajstić information content (AvgIpc) is 2.56. The van der Waals surface area contributed by atoms with Crippen molar-refractivity contribution < 1.29 is 24.5 Å². The molecule has 11 heteroatoms. The molecule has 0 aliphatic heterocycles. The number of carbonyl (C=O) groups is 2. The van der Waals surface area contributed by atoms with E-state index in [1.54, 1.807) is 13.8 Å². The van der Waals surface area contributed by atoms with Crippen LogP contribution in [0.15, 0.2) is 18.2 Å². The highest BCUT2D eigenvalue weighted by molar-refractivity contribution is 5.88. The van der Waals surface area contributed by atoms with E-state index in [-0.39, 0.29) is 11.6 Å². The molecule has 1 rings (SSSR count). The van der Waals surface area contributed by atoms with Crippen molar-refractivity contribution >= 4 is 28.9 Å². The smallest absolute Gasteiger partial charge is 0.368 e. The number of nitrogens with one attached hydrogen (secondary N) is 2. The van der Waals surface area contributed by atoms with E-state index in [9.17, 15) is 29.8 Å². The summed E-state index contributed by atoms with van der Waals surface area (Å²) in [7, 11) is 0. The van der Waals surface area contributed by atoms with Gasteiger partial charge in [0.1, 0.15) is 18.3 Å². The van der Waals surface area contributed by atoms with Crippen molar-refractivity contribution in [3.8, 4) is 0 Å². The molecule has 0 aliphatic carbocycles. The minimum atomic E-state index is -1.24. The minimum absolute atomic E-state index is 0.185. The number of carboxylic acid groups (broad SMARTS) is 1. The van der Waals surface area contributed by atoms with Crippen molar-refractivity contribution in [1.82, 2.24) is 5.32 Å². The van der Waals surface area contributed by atoms with Gasteiger partial charge in [0, 0.05) is 6.07 Å². The summed E-state index contributed by atoms with van der Waals surface area (Å²) in [6, 6.07) is 2.51. The van der Waals surface area contributed by atoms with Crippen molar-refractivity contribution in [2.75, 3.05) is 11.9 Å². The highest BCUT2D eigenvalue weighted by Gasteiger charge is 2.32. The summed E-state index contributed by atoms with van der Waals surface area (Å²) in [5.74, 6) is -2.22. The molecule has 1 aromatic carbocycles. The lowest BCUT2D eigenvalue weighted by Gasteiger charge is -2.24. The Morgan fingerprint density at radius 2 is 1.88 bits per heavy atom. The van der Waals surface area contributed by atoms with E-state index in [1.165, 1.54) is 12.1 Å². The van der Waals surface area contributed by atoms with Crippen LogP contribution >= 0.6 is 0 Å². The quantitative estimate of drug-likeness (QED) is 0.443. The SMILES string of the molecule is CCC(C)[C@H](Nc1cccc([N+](=O)[O-])c1[N+](=O)[O-])C(=O)NCC(=O)O. The molecule has 25 heavy (non-hydrogen) atoms. The fourth-order valence-corrected chi connectivity index (χ4v) is 2.13. The van der Waals surface area contributed by atoms with E-state index >= 15 is 0 Å². The van der Waals surface area contributed by atoms with E-state index in [2.05, 4.69) is 10.6 Å². The molecule has 11 nitrogen and oxygen atoms in total. The molecule has 0 heterocycles. The van der Waals surface area contributed by atoms with E-state index in [0.717, 1.165) is 6.07 Å². The van der Waals surface area contributed by atoms with E-state index in [1.807, 2.05) is 0 Å². The number of nitro groups is 2. The molecule has 0 aromatic heterocycles. The lowest BCUT2D eigenvalue weighted by atomic mass is 9.97. The molecule has 0 saturated carbocycles. The average molecular weight is 354 g/mol. The van der Waals surface area contributed by atoms with E-state index in [4.69, 9.17) is 5.11 Å². The Kier molecular flexibility index (Phi) is 6.79.